The van der Waals surface area contributed by atoms with Crippen molar-refractivity contribution in [1.29, 1.82) is 0 Å². The maximum atomic E-state index is 6.12. The topological polar surface area (TPSA) is 34.7 Å². The predicted molar refractivity (Wildman–Crippen MR) is 90.0 cm³/mol. The first-order valence-electron chi connectivity index (χ1n) is 7.27. The molecule has 2 aromatic rings. The number of aryl methyl sites for hydroxylation is 1. The van der Waals surface area contributed by atoms with E-state index in [0.717, 1.165) is 30.2 Å². The first-order valence-corrected chi connectivity index (χ1v) is 10.7. The van der Waals surface area contributed by atoms with Gasteiger partial charge in [-0.25, -0.2) is 0 Å². The number of aliphatic imine (C=N–C) groups is 1. The van der Waals surface area contributed by atoms with Crippen LogP contribution in [0, 0.1) is 6.92 Å². The second-order valence-electron chi connectivity index (χ2n) is 6.06. The van der Waals surface area contributed by atoms with Crippen LogP contribution >= 0.6 is 0 Å². The van der Waals surface area contributed by atoms with Crippen LogP contribution in [-0.4, -0.2) is 21.1 Å². The molecule has 0 aliphatic rings. The third-order valence-electron chi connectivity index (χ3n) is 2.88. The molecule has 0 N–H and O–H groups in total. The van der Waals surface area contributed by atoms with Gasteiger partial charge in [0.05, 0.1) is 6.21 Å². The smallest absolute Gasteiger partial charge is 0.242 e. The molecular weight excluding hydrogens is 278 g/mol. The molecule has 2 rings (SSSR count). The molecule has 4 heteroatoms. The van der Waals surface area contributed by atoms with Crippen LogP contribution in [0.25, 0.3) is 0 Å². The van der Waals surface area contributed by atoms with Crippen LogP contribution < -0.4 is 4.43 Å². The highest BCUT2D eigenvalue weighted by molar-refractivity contribution is 6.70. The molecule has 3 nitrogen and oxygen atoms in total. The quantitative estimate of drug-likeness (QED) is 0.583. The average molecular weight is 301 g/mol. The highest BCUT2D eigenvalue weighted by Gasteiger charge is 2.17. The second-order valence-corrected chi connectivity index (χ2v) is 10.5. The average Bonchev–Trinajstić information content (AvgIpc) is 2.80. The Balaban J connectivity index is 1.95. The number of para-hydroxylation sites is 1. The molecule has 0 saturated carbocycles. The van der Waals surface area contributed by atoms with Crippen molar-refractivity contribution < 1.29 is 8.84 Å². The molecule has 0 spiro atoms. The van der Waals surface area contributed by atoms with Gasteiger partial charge in [-0.1, -0.05) is 18.2 Å². The van der Waals surface area contributed by atoms with Gasteiger partial charge in [0.1, 0.15) is 17.3 Å². The van der Waals surface area contributed by atoms with Gasteiger partial charge in [-0.05, 0) is 56.7 Å². The Kier molecular flexibility index (Phi) is 5.01. The van der Waals surface area contributed by atoms with E-state index in [2.05, 4.69) is 30.7 Å². The maximum Gasteiger partial charge on any atom is 0.242 e. The zero-order valence-electron chi connectivity index (χ0n) is 13.2. The predicted octanol–water partition coefficient (Wildman–Crippen LogP) is 4.46. The van der Waals surface area contributed by atoms with Crippen LogP contribution in [0.1, 0.15) is 17.1 Å². The van der Waals surface area contributed by atoms with E-state index in [-0.39, 0.29) is 0 Å². The summed E-state index contributed by atoms with van der Waals surface area (Å²) in [6, 6.07) is 12.1. The molecule has 0 atom stereocenters. The third-order valence-corrected chi connectivity index (χ3v) is 3.71. The Labute approximate surface area is 127 Å². The van der Waals surface area contributed by atoms with Gasteiger partial charge < -0.3 is 8.84 Å². The molecule has 21 heavy (non-hydrogen) atoms. The highest BCUT2D eigenvalue weighted by Crippen LogP contribution is 2.22. The van der Waals surface area contributed by atoms with Crippen molar-refractivity contribution in [2.75, 3.05) is 6.54 Å². The summed E-state index contributed by atoms with van der Waals surface area (Å²) in [5.41, 5.74) is 1.22. The first-order chi connectivity index (χ1) is 9.94. The highest BCUT2D eigenvalue weighted by atomic mass is 28.4. The Morgan fingerprint density at radius 3 is 2.57 bits per heavy atom. The lowest BCUT2D eigenvalue weighted by Gasteiger charge is -2.21. The van der Waals surface area contributed by atoms with Gasteiger partial charge in [0.2, 0.25) is 8.32 Å². The van der Waals surface area contributed by atoms with E-state index in [0.29, 0.717) is 0 Å². The van der Waals surface area contributed by atoms with Gasteiger partial charge in [-0.2, -0.15) is 0 Å². The third kappa shape index (κ3) is 5.23. The van der Waals surface area contributed by atoms with Crippen LogP contribution in [-0.2, 0) is 6.42 Å². The Morgan fingerprint density at radius 1 is 1.14 bits per heavy atom. The van der Waals surface area contributed by atoms with Gasteiger partial charge in [0, 0.05) is 6.54 Å². The SMILES string of the molecule is Cc1ccc(C=NCCc2ccccc2O[Si](C)(C)C)o1. The lowest BCUT2D eigenvalue weighted by Crippen LogP contribution is -2.29. The molecule has 0 aliphatic carbocycles. The summed E-state index contributed by atoms with van der Waals surface area (Å²) in [5.74, 6) is 2.71. The number of nitrogens with zero attached hydrogens (tertiary/aromatic N) is 1. The summed E-state index contributed by atoms with van der Waals surface area (Å²) in [7, 11) is -1.58. The zero-order chi connectivity index (χ0) is 15.3. The second kappa shape index (κ2) is 6.76. The van der Waals surface area contributed by atoms with Gasteiger partial charge in [-0.3, -0.25) is 4.99 Å². The number of hydrogen-bond donors (Lipinski definition) is 0. The minimum absolute atomic E-state index is 0.728. The summed E-state index contributed by atoms with van der Waals surface area (Å²) >= 11 is 0. The molecule has 1 aromatic heterocycles. The molecule has 112 valence electrons. The van der Waals surface area contributed by atoms with Gasteiger partial charge >= 0.3 is 0 Å². The minimum Gasteiger partial charge on any atom is -0.544 e. The van der Waals surface area contributed by atoms with E-state index >= 15 is 0 Å². The van der Waals surface area contributed by atoms with Crippen LogP contribution in [0.2, 0.25) is 19.6 Å². The van der Waals surface area contributed by atoms with Gasteiger partial charge in [0.15, 0.2) is 0 Å². The lowest BCUT2D eigenvalue weighted by atomic mass is 10.1. The Bertz CT molecular complexity index is 611. The van der Waals surface area contributed by atoms with E-state index in [4.69, 9.17) is 8.84 Å². The van der Waals surface area contributed by atoms with Crippen molar-refractivity contribution in [1.82, 2.24) is 0 Å². The number of benzene rings is 1. The molecular formula is C17H23NO2Si. The largest absolute Gasteiger partial charge is 0.544 e. The van der Waals surface area contributed by atoms with E-state index in [1.807, 2.05) is 37.3 Å². The summed E-state index contributed by atoms with van der Waals surface area (Å²) < 4.78 is 11.6. The first kappa shape index (κ1) is 15.6. The van der Waals surface area contributed by atoms with Crippen LogP contribution in [0.5, 0.6) is 5.75 Å². The number of rotatable bonds is 6. The molecule has 0 bridgehead atoms. The van der Waals surface area contributed by atoms with Crippen molar-refractivity contribution in [3.05, 3.63) is 53.5 Å². The van der Waals surface area contributed by atoms with Gasteiger partial charge in [-0.15, -0.1) is 0 Å². The summed E-state index contributed by atoms with van der Waals surface area (Å²) in [6.45, 7) is 9.25. The van der Waals surface area contributed by atoms with Crippen molar-refractivity contribution in [3.8, 4) is 5.75 Å². The fraction of sp³-hybridized carbons (Fsp3) is 0.353. The lowest BCUT2D eigenvalue weighted by molar-refractivity contribution is 0.527. The van der Waals surface area contributed by atoms with Crippen molar-refractivity contribution in [3.63, 3.8) is 0 Å². The minimum atomic E-state index is -1.58. The Hall–Kier alpha value is -1.81. The molecule has 0 saturated heterocycles. The monoisotopic (exact) mass is 301 g/mol. The molecule has 0 aliphatic heterocycles. The van der Waals surface area contributed by atoms with Crippen molar-refractivity contribution >= 4 is 14.5 Å². The number of furan rings is 1. The molecule has 0 radical (unpaired) electrons. The van der Waals surface area contributed by atoms with Crippen molar-refractivity contribution in [2.24, 2.45) is 4.99 Å². The van der Waals surface area contributed by atoms with E-state index in [9.17, 15) is 0 Å². The van der Waals surface area contributed by atoms with Crippen LogP contribution in [0.4, 0.5) is 0 Å². The molecule has 0 fully saturated rings. The van der Waals surface area contributed by atoms with Crippen molar-refractivity contribution in [2.45, 2.75) is 33.0 Å². The molecule has 1 aromatic carbocycles. The Morgan fingerprint density at radius 2 is 1.90 bits per heavy atom. The molecule has 1 heterocycles. The molecule has 0 amide bonds. The van der Waals surface area contributed by atoms with Crippen LogP contribution in [0.3, 0.4) is 0 Å². The summed E-state index contributed by atoms with van der Waals surface area (Å²) in [5, 5.41) is 0. The maximum absolute atomic E-state index is 6.12. The standard InChI is InChI=1S/C17H23NO2Si/c1-14-9-10-16(19-14)13-18-12-11-15-7-5-6-8-17(15)20-21(2,3)4/h5-10,13H,11-12H2,1-4H3. The fourth-order valence-electron chi connectivity index (χ4n) is 2.00. The summed E-state index contributed by atoms with van der Waals surface area (Å²) in [4.78, 5) is 4.42. The fourth-order valence-corrected chi connectivity index (χ4v) is 2.86. The zero-order valence-corrected chi connectivity index (χ0v) is 14.2. The molecule has 0 unspecified atom stereocenters. The van der Waals surface area contributed by atoms with E-state index < -0.39 is 8.32 Å². The van der Waals surface area contributed by atoms with E-state index in [1.54, 1.807) is 6.21 Å². The van der Waals surface area contributed by atoms with E-state index in [1.165, 1.54) is 5.56 Å². The van der Waals surface area contributed by atoms with Crippen LogP contribution in [0.15, 0.2) is 45.8 Å². The number of hydrogen-bond acceptors (Lipinski definition) is 3. The summed E-state index contributed by atoms with van der Waals surface area (Å²) in [6.07, 6.45) is 2.66. The van der Waals surface area contributed by atoms with Gasteiger partial charge in [0.25, 0.3) is 0 Å². The normalized spacial score (nSPS) is 12.0.